The molecule has 1 saturated heterocycles. The van der Waals surface area contributed by atoms with Crippen LogP contribution < -0.4 is 10.5 Å². The second-order valence-corrected chi connectivity index (χ2v) is 8.33. The Kier molecular flexibility index (Phi) is 4.82. The number of nitrogens with zero attached hydrogens (tertiary/aromatic N) is 4. The standard InChI is InChI=1S/C24H25N5O2/c1-17-7-6-10-29-21(17)25-22-19(23(29)30)15-20(26(22)2)24(31)28-13-11-27(12-14-28)16-18-8-4-3-5-9-18/h3-10,15H,11-14,16H2,1-2H3/p+1. The third kappa shape index (κ3) is 3.41. The maximum Gasteiger partial charge on any atom is 0.270 e. The lowest BCUT2D eigenvalue weighted by atomic mass is 10.2. The summed E-state index contributed by atoms with van der Waals surface area (Å²) >= 11 is 0. The van der Waals surface area contributed by atoms with Gasteiger partial charge in [-0.05, 0) is 24.6 Å². The summed E-state index contributed by atoms with van der Waals surface area (Å²) in [6.07, 6.45) is 1.72. The molecule has 1 aromatic carbocycles. The molecule has 7 nitrogen and oxygen atoms in total. The first-order chi connectivity index (χ1) is 15.0. The van der Waals surface area contributed by atoms with Crippen molar-refractivity contribution in [3.05, 3.63) is 81.9 Å². The number of aryl methyl sites for hydroxylation is 2. The number of hydrogen-bond acceptors (Lipinski definition) is 3. The Morgan fingerprint density at radius 1 is 1.06 bits per heavy atom. The first-order valence-corrected chi connectivity index (χ1v) is 10.7. The molecule has 1 aliphatic rings. The Labute approximate surface area is 180 Å². The van der Waals surface area contributed by atoms with Gasteiger partial charge in [0.05, 0.1) is 31.6 Å². The van der Waals surface area contributed by atoms with Gasteiger partial charge in [0.15, 0.2) is 0 Å². The third-order valence-corrected chi connectivity index (χ3v) is 6.30. The highest BCUT2D eigenvalue weighted by molar-refractivity contribution is 5.98. The van der Waals surface area contributed by atoms with E-state index in [0.29, 0.717) is 35.5 Å². The molecular weight excluding hydrogens is 390 g/mol. The van der Waals surface area contributed by atoms with Crippen LogP contribution in [0.5, 0.6) is 0 Å². The number of pyridine rings is 1. The fourth-order valence-electron chi connectivity index (χ4n) is 4.48. The van der Waals surface area contributed by atoms with Crippen molar-refractivity contribution in [2.24, 2.45) is 7.05 Å². The SMILES string of the molecule is Cc1cccn2c(=O)c3cc(C(=O)N4CC[NH+](Cc5ccccc5)CC4)n(C)c3nc12. The van der Waals surface area contributed by atoms with Gasteiger partial charge in [-0.2, -0.15) is 0 Å². The largest absolute Gasteiger partial charge is 0.328 e. The van der Waals surface area contributed by atoms with E-state index in [9.17, 15) is 9.59 Å². The molecule has 1 aliphatic heterocycles. The molecule has 0 saturated carbocycles. The molecule has 0 unspecified atom stereocenters. The monoisotopic (exact) mass is 416 g/mol. The van der Waals surface area contributed by atoms with Crippen molar-refractivity contribution < 1.29 is 9.69 Å². The average molecular weight is 417 g/mol. The van der Waals surface area contributed by atoms with Crippen LogP contribution in [0.4, 0.5) is 0 Å². The number of piperazine rings is 1. The maximum atomic E-state index is 13.3. The van der Waals surface area contributed by atoms with Gasteiger partial charge in [0, 0.05) is 18.8 Å². The summed E-state index contributed by atoms with van der Waals surface area (Å²) in [4.78, 5) is 34.4. The molecule has 0 bridgehead atoms. The topological polar surface area (TPSA) is 64.0 Å². The smallest absolute Gasteiger partial charge is 0.270 e. The molecule has 7 heteroatoms. The number of carbonyl (C=O) groups is 1. The van der Waals surface area contributed by atoms with Crippen LogP contribution in [0.3, 0.4) is 0 Å². The van der Waals surface area contributed by atoms with Crippen LogP contribution in [0, 0.1) is 6.92 Å². The van der Waals surface area contributed by atoms with Crippen LogP contribution in [-0.2, 0) is 13.6 Å². The Hall–Kier alpha value is -3.45. The van der Waals surface area contributed by atoms with Crippen molar-refractivity contribution in [2.45, 2.75) is 13.5 Å². The molecule has 31 heavy (non-hydrogen) atoms. The summed E-state index contributed by atoms with van der Waals surface area (Å²) < 4.78 is 3.31. The third-order valence-electron chi connectivity index (χ3n) is 6.30. The van der Waals surface area contributed by atoms with Crippen molar-refractivity contribution in [3.63, 3.8) is 0 Å². The number of nitrogens with one attached hydrogen (secondary N) is 1. The summed E-state index contributed by atoms with van der Waals surface area (Å²) in [6, 6.07) is 15.9. The second-order valence-electron chi connectivity index (χ2n) is 8.33. The van der Waals surface area contributed by atoms with Gasteiger partial charge in [0.2, 0.25) is 0 Å². The predicted octanol–water partition coefficient (Wildman–Crippen LogP) is 1.04. The number of benzene rings is 1. The Balaban J connectivity index is 1.40. The zero-order valence-electron chi connectivity index (χ0n) is 17.8. The fourth-order valence-corrected chi connectivity index (χ4v) is 4.48. The number of aromatic nitrogens is 3. The van der Waals surface area contributed by atoms with E-state index in [1.54, 1.807) is 21.2 Å². The molecule has 0 atom stereocenters. The van der Waals surface area contributed by atoms with Gasteiger partial charge in [-0.1, -0.05) is 36.4 Å². The Morgan fingerprint density at radius 2 is 1.81 bits per heavy atom. The minimum Gasteiger partial charge on any atom is -0.328 e. The van der Waals surface area contributed by atoms with Crippen molar-refractivity contribution >= 4 is 22.6 Å². The number of fused-ring (bicyclic) bond motifs is 2. The van der Waals surface area contributed by atoms with E-state index in [2.05, 4.69) is 24.3 Å². The van der Waals surface area contributed by atoms with E-state index >= 15 is 0 Å². The summed E-state index contributed by atoms with van der Waals surface area (Å²) in [5.41, 5.74) is 3.79. The van der Waals surface area contributed by atoms with Crippen LogP contribution in [-0.4, -0.2) is 50.9 Å². The molecule has 158 valence electrons. The lowest BCUT2D eigenvalue weighted by molar-refractivity contribution is -0.917. The second kappa shape index (κ2) is 7.67. The van der Waals surface area contributed by atoms with E-state index < -0.39 is 0 Å². The minimum atomic E-state index is -0.143. The number of amides is 1. The first kappa shape index (κ1) is 19.5. The molecule has 0 aliphatic carbocycles. The molecular formula is C24H26N5O2+. The number of carbonyl (C=O) groups excluding carboxylic acids is 1. The zero-order valence-corrected chi connectivity index (χ0v) is 17.8. The molecule has 5 rings (SSSR count). The molecule has 1 amide bonds. The molecule has 1 fully saturated rings. The van der Waals surface area contributed by atoms with E-state index in [4.69, 9.17) is 4.98 Å². The van der Waals surface area contributed by atoms with Gasteiger partial charge in [0.1, 0.15) is 23.5 Å². The highest BCUT2D eigenvalue weighted by Gasteiger charge is 2.27. The minimum absolute atomic E-state index is 0.0376. The van der Waals surface area contributed by atoms with E-state index in [1.165, 1.54) is 10.5 Å². The number of quaternary nitrogens is 1. The number of hydrogen-bond donors (Lipinski definition) is 1. The lowest BCUT2D eigenvalue weighted by Gasteiger charge is -2.32. The first-order valence-electron chi connectivity index (χ1n) is 10.7. The van der Waals surface area contributed by atoms with Crippen LogP contribution in [0.1, 0.15) is 21.6 Å². The maximum absolute atomic E-state index is 13.3. The van der Waals surface area contributed by atoms with Gasteiger partial charge >= 0.3 is 0 Å². The summed E-state index contributed by atoms with van der Waals surface area (Å²) in [7, 11) is 1.81. The van der Waals surface area contributed by atoms with E-state index in [1.807, 2.05) is 37.1 Å². The van der Waals surface area contributed by atoms with E-state index in [-0.39, 0.29) is 11.5 Å². The average Bonchev–Trinajstić information content (AvgIpc) is 3.12. The zero-order chi connectivity index (χ0) is 21.5. The van der Waals surface area contributed by atoms with Crippen molar-refractivity contribution in [1.82, 2.24) is 18.9 Å². The molecule has 4 heterocycles. The Morgan fingerprint density at radius 3 is 2.55 bits per heavy atom. The van der Waals surface area contributed by atoms with E-state index in [0.717, 1.165) is 25.2 Å². The quantitative estimate of drug-likeness (QED) is 0.543. The normalized spacial score (nSPS) is 15.1. The lowest BCUT2D eigenvalue weighted by Crippen LogP contribution is -3.13. The molecule has 1 N–H and O–H groups in total. The van der Waals surface area contributed by atoms with Crippen molar-refractivity contribution in [2.75, 3.05) is 26.2 Å². The predicted molar refractivity (Wildman–Crippen MR) is 119 cm³/mol. The van der Waals surface area contributed by atoms with Crippen molar-refractivity contribution in [3.8, 4) is 0 Å². The highest BCUT2D eigenvalue weighted by Crippen LogP contribution is 2.18. The summed E-state index contributed by atoms with van der Waals surface area (Å²) in [5, 5.41) is 0.474. The van der Waals surface area contributed by atoms with Crippen molar-refractivity contribution in [1.29, 1.82) is 0 Å². The van der Waals surface area contributed by atoms with Gasteiger partial charge in [-0.25, -0.2) is 4.98 Å². The summed E-state index contributed by atoms with van der Waals surface area (Å²) in [5.74, 6) is -0.0376. The van der Waals surface area contributed by atoms with Gasteiger partial charge < -0.3 is 14.4 Å². The van der Waals surface area contributed by atoms with Gasteiger partial charge in [-0.3, -0.25) is 14.0 Å². The van der Waals surface area contributed by atoms with Crippen LogP contribution in [0.15, 0.2) is 59.5 Å². The molecule has 3 aromatic heterocycles. The fraction of sp³-hybridized carbons (Fsp3) is 0.292. The van der Waals surface area contributed by atoms with Crippen LogP contribution in [0.25, 0.3) is 16.7 Å². The van der Waals surface area contributed by atoms with Gasteiger partial charge in [-0.15, -0.1) is 0 Å². The van der Waals surface area contributed by atoms with Gasteiger partial charge in [0.25, 0.3) is 11.5 Å². The highest BCUT2D eigenvalue weighted by atomic mass is 16.2. The molecule has 0 spiro atoms. The molecule has 0 radical (unpaired) electrons. The van der Waals surface area contributed by atoms with Crippen LogP contribution >= 0.6 is 0 Å². The summed E-state index contributed by atoms with van der Waals surface area (Å²) in [6.45, 7) is 6.14. The molecule has 4 aromatic rings. The van der Waals surface area contributed by atoms with Crippen LogP contribution in [0.2, 0.25) is 0 Å². The number of rotatable bonds is 3. The Bertz CT molecular complexity index is 1330.